The van der Waals surface area contributed by atoms with Crippen molar-refractivity contribution in [1.29, 1.82) is 0 Å². The Morgan fingerprint density at radius 2 is 1.71 bits per heavy atom. The van der Waals surface area contributed by atoms with Gasteiger partial charge in [0.15, 0.2) is 6.61 Å². The Bertz CT molecular complexity index is 779. The molecular weight excluding hydrogens is 380 g/mol. The van der Waals surface area contributed by atoms with Gasteiger partial charge in [-0.05, 0) is 48.4 Å². The zero-order chi connectivity index (χ0) is 20.9. The molecule has 0 aliphatic carbocycles. The summed E-state index contributed by atoms with van der Waals surface area (Å²) in [4.78, 5) is 23.9. The lowest BCUT2D eigenvalue weighted by molar-refractivity contribution is -0.124. The molecule has 7 nitrogen and oxygen atoms in total. The molecule has 1 amide bonds. The Balaban J connectivity index is 1.98. The standard InChI is InChI=1S/C20H30N2O5S/c1-14(2)10-21-19(23)13-27-20(24)17-5-7-18(8-6-17)28(25,26)22-11-15(3)9-16(4)12-22/h5-8,14-16H,9-13H2,1-4H3,(H,21,23)/t15-,16-/m1/s1. The van der Waals surface area contributed by atoms with Crippen LogP contribution in [0.4, 0.5) is 0 Å². The molecule has 1 heterocycles. The quantitative estimate of drug-likeness (QED) is 0.696. The maximum absolute atomic E-state index is 12.9. The first kappa shape index (κ1) is 22.4. The molecule has 2 atom stereocenters. The average molecular weight is 411 g/mol. The van der Waals surface area contributed by atoms with E-state index < -0.39 is 16.0 Å². The number of piperidine rings is 1. The summed E-state index contributed by atoms with van der Waals surface area (Å²) in [5.74, 6) is -0.0947. The number of ether oxygens (including phenoxy) is 1. The zero-order valence-electron chi connectivity index (χ0n) is 17.0. The molecule has 0 unspecified atom stereocenters. The van der Waals surface area contributed by atoms with Crippen LogP contribution in [0.5, 0.6) is 0 Å². The molecule has 28 heavy (non-hydrogen) atoms. The molecule has 156 valence electrons. The van der Waals surface area contributed by atoms with Crippen LogP contribution in [0.2, 0.25) is 0 Å². The highest BCUT2D eigenvalue weighted by Crippen LogP contribution is 2.26. The van der Waals surface area contributed by atoms with Crippen LogP contribution in [-0.2, 0) is 19.6 Å². The van der Waals surface area contributed by atoms with E-state index in [0.717, 1.165) is 6.42 Å². The van der Waals surface area contributed by atoms with Gasteiger partial charge in [0.2, 0.25) is 10.0 Å². The number of carbonyl (C=O) groups is 2. The topological polar surface area (TPSA) is 92.8 Å². The third kappa shape index (κ3) is 6.04. The van der Waals surface area contributed by atoms with Gasteiger partial charge in [0.25, 0.3) is 5.91 Å². The first-order valence-electron chi connectivity index (χ1n) is 9.63. The van der Waals surface area contributed by atoms with Crippen LogP contribution in [-0.4, -0.2) is 50.8 Å². The van der Waals surface area contributed by atoms with Gasteiger partial charge in [-0.2, -0.15) is 4.31 Å². The summed E-state index contributed by atoms with van der Waals surface area (Å²) < 4.78 is 32.2. The van der Waals surface area contributed by atoms with Gasteiger partial charge in [-0.15, -0.1) is 0 Å². The van der Waals surface area contributed by atoms with E-state index in [-0.39, 0.29) is 23.0 Å². The minimum absolute atomic E-state index is 0.153. The Hall–Kier alpha value is -1.93. The van der Waals surface area contributed by atoms with Crippen LogP contribution >= 0.6 is 0 Å². The number of esters is 1. The van der Waals surface area contributed by atoms with Crippen molar-refractivity contribution >= 4 is 21.9 Å². The van der Waals surface area contributed by atoms with Crippen LogP contribution < -0.4 is 5.32 Å². The first-order valence-corrected chi connectivity index (χ1v) is 11.1. The minimum Gasteiger partial charge on any atom is -0.452 e. The smallest absolute Gasteiger partial charge is 0.338 e. The van der Waals surface area contributed by atoms with Crippen LogP contribution in [0.3, 0.4) is 0 Å². The molecule has 1 fully saturated rings. The predicted molar refractivity (Wildman–Crippen MR) is 106 cm³/mol. The fourth-order valence-corrected chi connectivity index (χ4v) is 4.98. The molecular formula is C20H30N2O5S. The summed E-state index contributed by atoms with van der Waals surface area (Å²) in [5, 5.41) is 2.66. The average Bonchev–Trinajstić information content (AvgIpc) is 2.63. The summed E-state index contributed by atoms with van der Waals surface area (Å²) >= 11 is 0. The van der Waals surface area contributed by atoms with E-state index >= 15 is 0 Å². The highest BCUT2D eigenvalue weighted by Gasteiger charge is 2.31. The number of amides is 1. The molecule has 0 saturated carbocycles. The van der Waals surface area contributed by atoms with E-state index in [4.69, 9.17) is 4.74 Å². The summed E-state index contributed by atoms with van der Waals surface area (Å²) in [6.07, 6.45) is 1.02. The molecule has 1 aromatic carbocycles. The van der Waals surface area contributed by atoms with Crippen molar-refractivity contribution in [1.82, 2.24) is 9.62 Å². The zero-order valence-corrected chi connectivity index (χ0v) is 17.8. The molecule has 1 saturated heterocycles. The molecule has 2 rings (SSSR count). The largest absolute Gasteiger partial charge is 0.452 e. The first-order chi connectivity index (χ1) is 13.1. The monoisotopic (exact) mass is 410 g/mol. The third-order valence-corrected chi connectivity index (χ3v) is 6.45. The van der Waals surface area contributed by atoms with Gasteiger partial charge in [0.05, 0.1) is 10.5 Å². The van der Waals surface area contributed by atoms with E-state index in [2.05, 4.69) is 19.2 Å². The lowest BCUT2D eigenvalue weighted by Gasteiger charge is -2.34. The van der Waals surface area contributed by atoms with Crippen LogP contribution in [0.25, 0.3) is 0 Å². The van der Waals surface area contributed by atoms with Gasteiger partial charge in [0.1, 0.15) is 0 Å². The van der Waals surface area contributed by atoms with Crippen molar-refractivity contribution in [3.63, 3.8) is 0 Å². The second kappa shape index (κ2) is 9.52. The summed E-state index contributed by atoms with van der Waals surface area (Å²) in [7, 11) is -3.59. The predicted octanol–water partition coefficient (Wildman–Crippen LogP) is 2.28. The van der Waals surface area contributed by atoms with Crippen molar-refractivity contribution < 1.29 is 22.7 Å². The lowest BCUT2D eigenvalue weighted by atomic mass is 9.94. The maximum Gasteiger partial charge on any atom is 0.338 e. The Kier molecular flexibility index (Phi) is 7.60. The lowest BCUT2D eigenvalue weighted by Crippen LogP contribution is -2.42. The van der Waals surface area contributed by atoms with Gasteiger partial charge in [-0.1, -0.05) is 27.7 Å². The van der Waals surface area contributed by atoms with E-state index in [1.807, 2.05) is 13.8 Å². The van der Waals surface area contributed by atoms with Crippen molar-refractivity contribution in [2.75, 3.05) is 26.2 Å². The molecule has 1 aliphatic heterocycles. The molecule has 8 heteroatoms. The number of nitrogens with zero attached hydrogens (tertiary/aromatic N) is 1. The summed E-state index contributed by atoms with van der Waals surface area (Å²) in [6, 6.07) is 5.65. The van der Waals surface area contributed by atoms with Crippen molar-refractivity contribution in [2.45, 2.75) is 39.0 Å². The third-order valence-electron chi connectivity index (χ3n) is 4.60. The Morgan fingerprint density at radius 3 is 2.25 bits per heavy atom. The highest BCUT2D eigenvalue weighted by molar-refractivity contribution is 7.89. The Labute approximate surface area is 167 Å². The van der Waals surface area contributed by atoms with E-state index in [0.29, 0.717) is 37.4 Å². The second-order valence-electron chi connectivity index (χ2n) is 8.07. The molecule has 0 spiro atoms. The fraction of sp³-hybridized carbons (Fsp3) is 0.600. The van der Waals surface area contributed by atoms with Gasteiger partial charge in [-0.25, -0.2) is 13.2 Å². The van der Waals surface area contributed by atoms with E-state index in [1.165, 1.54) is 28.6 Å². The normalized spacial score (nSPS) is 20.8. The molecule has 1 N–H and O–H groups in total. The number of benzene rings is 1. The van der Waals surface area contributed by atoms with Crippen molar-refractivity contribution in [3.05, 3.63) is 29.8 Å². The Morgan fingerprint density at radius 1 is 1.14 bits per heavy atom. The minimum atomic E-state index is -3.59. The highest BCUT2D eigenvalue weighted by atomic mass is 32.2. The fourth-order valence-electron chi connectivity index (χ4n) is 3.30. The molecule has 1 aliphatic rings. The van der Waals surface area contributed by atoms with E-state index in [1.54, 1.807) is 0 Å². The number of hydrogen-bond acceptors (Lipinski definition) is 5. The van der Waals surface area contributed by atoms with Gasteiger partial charge in [-0.3, -0.25) is 4.79 Å². The molecule has 1 aromatic rings. The SMILES string of the molecule is CC(C)CNC(=O)COC(=O)c1ccc(S(=O)(=O)N2C[C@H](C)C[C@@H](C)C2)cc1. The second-order valence-corrected chi connectivity index (χ2v) is 10.0. The van der Waals surface area contributed by atoms with Crippen LogP contribution in [0.15, 0.2) is 29.2 Å². The van der Waals surface area contributed by atoms with Crippen molar-refractivity contribution in [2.24, 2.45) is 17.8 Å². The summed E-state index contributed by atoms with van der Waals surface area (Å²) in [5.41, 5.74) is 0.205. The molecule has 0 radical (unpaired) electrons. The maximum atomic E-state index is 12.9. The number of carbonyl (C=O) groups excluding carboxylic acids is 2. The molecule has 0 aromatic heterocycles. The van der Waals surface area contributed by atoms with Gasteiger partial charge >= 0.3 is 5.97 Å². The van der Waals surface area contributed by atoms with Crippen LogP contribution in [0.1, 0.15) is 44.5 Å². The van der Waals surface area contributed by atoms with Gasteiger partial charge in [0, 0.05) is 19.6 Å². The number of sulfonamides is 1. The van der Waals surface area contributed by atoms with Crippen molar-refractivity contribution in [3.8, 4) is 0 Å². The van der Waals surface area contributed by atoms with Crippen LogP contribution in [0, 0.1) is 17.8 Å². The number of hydrogen-bond donors (Lipinski definition) is 1. The van der Waals surface area contributed by atoms with Gasteiger partial charge < -0.3 is 10.1 Å². The number of nitrogens with one attached hydrogen (secondary N) is 1. The molecule has 0 bridgehead atoms. The number of rotatable bonds is 7. The van der Waals surface area contributed by atoms with E-state index in [9.17, 15) is 18.0 Å². The summed E-state index contributed by atoms with van der Waals surface area (Å²) in [6.45, 7) is 9.18.